The largest absolute Gasteiger partial charge is 0.324 e. The van der Waals surface area contributed by atoms with Crippen molar-refractivity contribution in [3.05, 3.63) is 47.5 Å². The molecule has 1 nitrogen and oxygen atoms in total. The number of rotatable bonds is 3. The van der Waals surface area contributed by atoms with E-state index in [1.54, 1.807) is 0 Å². The van der Waals surface area contributed by atoms with Crippen LogP contribution in [0, 0.1) is 12.8 Å². The maximum Gasteiger partial charge on any atom is 0.0321 e. The molecule has 0 saturated carbocycles. The summed E-state index contributed by atoms with van der Waals surface area (Å²) in [6.07, 6.45) is 1.12. The minimum absolute atomic E-state index is 0.142. The van der Waals surface area contributed by atoms with Gasteiger partial charge in [0.25, 0.3) is 0 Å². The zero-order valence-electron chi connectivity index (χ0n) is 10.9. The van der Waals surface area contributed by atoms with Crippen molar-refractivity contribution in [3.8, 4) is 0 Å². The van der Waals surface area contributed by atoms with Gasteiger partial charge in [0.05, 0.1) is 0 Å². The van der Waals surface area contributed by atoms with Gasteiger partial charge in [0, 0.05) is 6.04 Å². The summed E-state index contributed by atoms with van der Waals surface area (Å²) in [6, 6.07) is 13.1. The van der Waals surface area contributed by atoms with Crippen LogP contribution in [0.1, 0.15) is 37.4 Å². The Morgan fingerprint density at radius 2 is 1.88 bits per heavy atom. The normalized spacial score (nSPS) is 14.8. The van der Waals surface area contributed by atoms with E-state index in [9.17, 15) is 0 Å². The fourth-order valence-electron chi connectivity index (χ4n) is 2.31. The highest BCUT2D eigenvalue weighted by molar-refractivity contribution is 5.86. The molecule has 2 unspecified atom stereocenters. The van der Waals surface area contributed by atoms with Crippen LogP contribution in [0.5, 0.6) is 0 Å². The number of hydrogen-bond acceptors (Lipinski definition) is 1. The lowest BCUT2D eigenvalue weighted by Crippen LogP contribution is -2.18. The van der Waals surface area contributed by atoms with E-state index in [1.165, 1.54) is 21.9 Å². The molecular weight excluding hydrogens is 206 g/mol. The van der Waals surface area contributed by atoms with Crippen LogP contribution in [0.4, 0.5) is 0 Å². The molecule has 0 amide bonds. The number of aryl methyl sites for hydroxylation is 1. The zero-order valence-corrected chi connectivity index (χ0v) is 10.9. The Balaban J connectivity index is 2.50. The minimum atomic E-state index is 0.142. The average molecular weight is 227 g/mol. The Morgan fingerprint density at radius 1 is 1.18 bits per heavy atom. The van der Waals surface area contributed by atoms with Crippen molar-refractivity contribution in [1.82, 2.24) is 0 Å². The lowest BCUT2D eigenvalue weighted by Gasteiger charge is -2.20. The third-order valence-corrected chi connectivity index (χ3v) is 3.73. The summed E-state index contributed by atoms with van der Waals surface area (Å²) in [5.41, 5.74) is 8.89. The van der Waals surface area contributed by atoms with Crippen LogP contribution >= 0.6 is 0 Å². The quantitative estimate of drug-likeness (QED) is 0.835. The molecule has 0 heterocycles. The topological polar surface area (TPSA) is 26.0 Å². The van der Waals surface area contributed by atoms with Crippen molar-refractivity contribution < 1.29 is 0 Å². The maximum absolute atomic E-state index is 6.31. The smallest absolute Gasteiger partial charge is 0.0321 e. The molecule has 0 spiro atoms. The zero-order chi connectivity index (χ0) is 12.4. The van der Waals surface area contributed by atoms with E-state index in [-0.39, 0.29) is 6.04 Å². The molecule has 2 rings (SSSR count). The van der Waals surface area contributed by atoms with Crippen LogP contribution in [0.2, 0.25) is 0 Å². The van der Waals surface area contributed by atoms with Crippen LogP contribution in [0.3, 0.4) is 0 Å². The van der Waals surface area contributed by atoms with Gasteiger partial charge in [0.1, 0.15) is 0 Å². The number of fused-ring (bicyclic) bond motifs is 1. The molecule has 0 aliphatic rings. The molecule has 0 fully saturated rings. The second-order valence-corrected chi connectivity index (χ2v) is 4.97. The molecule has 1 heteroatoms. The van der Waals surface area contributed by atoms with Gasteiger partial charge in [-0.15, -0.1) is 0 Å². The summed E-state index contributed by atoms with van der Waals surface area (Å²) in [6.45, 7) is 6.57. The fraction of sp³-hybridized carbons (Fsp3) is 0.375. The van der Waals surface area contributed by atoms with Crippen LogP contribution in [-0.4, -0.2) is 0 Å². The predicted octanol–water partition coefficient (Wildman–Crippen LogP) is 4.19. The highest BCUT2D eigenvalue weighted by Crippen LogP contribution is 2.27. The van der Waals surface area contributed by atoms with E-state index in [4.69, 9.17) is 5.73 Å². The van der Waals surface area contributed by atoms with Gasteiger partial charge in [0.2, 0.25) is 0 Å². The molecule has 2 N–H and O–H groups in total. The molecule has 2 aromatic carbocycles. The van der Waals surface area contributed by atoms with Gasteiger partial charge in [-0.25, -0.2) is 0 Å². The van der Waals surface area contributed by atoms with Crippen LogP contribution in [0.25, 0.3) is 10.8 Å². The molecular formula is C16H21N. The number of nitrogens with two attached hydrogens (primary N) is 1. The van der Waals surface area contributed by atoms with Crippen LogP contribution in [-0.2, 0) is 0 Å². The highest BCUT2D eigenvalue weighted by atomic mass is 14.6. The Labute approximate surface area is 104 Å². The van der Waals surface area contributed by atoms with Crippen molar-refractivity contribution >= 4 is 10.8 Å². The highest BCUT2D eigenvalue weighted by Gasteiger charge is 2.14. The second-order valence-electron chi connectivity index (χ2n) is 4.97. The van der Waals surface area contributed by atoms with Gasteiger partial charge in [-0.2, -0.15) is 0 Å². The third-order valence-electron chi connectivity index (χ3n) is 3.73. The molecule has 90 valence electrons. The van der Waals surface area contributed by atoms with Gasteiger partial charge in [0.15, 0.2) is 0 Å². The van der Waals surface area contributed by atoms with E-state index < -0.39 is 0 Å². The summed E-state index contributed by atoms with van der Waals surface area (Å²) in [7, 11) is 0. The Hall–Kier alpha value is -1.34. The lowest BCUT2D eigenvalue weighted by molar-refractivity contribution is 0.457. The summed E-state index contributed by atoms with van der Waals surface area (Å²) in [4.78, 5) is 0. The van der Waals surface area contributed by atoms with Crippen molar-refractivity contribution in [1.29, 1.82) is 0 Å². The summed E-state index contributed by atoms with van der Waals surface area (Å²) in [5.74, 6) is 0.524. The van der Waals surface area contributed by atoms with E-state index in [2.05, 4.69) is 57.2 Å². The van der Waals surface area contributed by atoms with E-state index >= 15 is 0 Å². The SMILES string of the molecule is CCC(C)C(N)c1cc(C)c2ccccc2c1. The van der Waals surface area contributed by atoms with E-state index in [0.717, 1.165) is 6.42 Å². The standard InChI is InChI=1S/C16H21N/c1-4-11(2)16(17)14-9-12(3)15-8-6-5-7-13(15)10-14/h5-11,16H,4,17H2,1-3H3. The average Bonchev–Trinajstić information content (AvgIpc) is 2.37. The summed E-state index contributed by atoms with van der Waals surface area (Å²) in [5, 5.41) is 2.62. The first-order valence-corrected chi connectivity index (χ1v) is 6.38. The third kappa shape index (κ3) is 2.34. The van der Waals surface area contributed by atoms with Crippen molar-refractivity contribution in [2.24, 2.45) is 11.7 Å². The van der Waals surface area contributed by atoms with Crippen molar-refractivity contribution in [3.63, 3.8) is 0 Å². The molecule has 17 heavy (non-hydrogen) atoms. The van der Waals surface area contributed by atoms with Crippen LogP contribution in [0.15, 0.2) is 36.4 Å². The molecule has 0 aliphatic carbocycles. The van der Waals surface area contributed by atoms with Crippen LogP contribution < -0.4 is 5.73 Å². The van der Waals surface area contributed by atoms with Gasteiger partial charge < -0.3 is 5.73 Å². The minimum Gasteiger partial charge on any atom is -0.324 e. The fourth-order valence-corrected chi connectivity index (χ4v) is 2.31. The van der Waals surface area contributed by atoms with Gasteiger partial charge in [-0.1, -0.05) is 50.6 Å². The number of benzene rings is 2. The Bertz CT molecular complexity index is 516. The molecule has 0 aliphatic heterocycles. The molecule has 0 saturated heterocycles. The number of hydrogen-bond donors (Lipinski definition) is 1. The van der Waals surface area contributed by atoms with Crippen molar-refractivity contribution in [2.75, 3.05) is 0 Å². The summed E-state index contributed by atoms with van der Waals surface area (Å²) >= 11 is 0. The van der Waals surface area contributed by atoms with Gasteiger partial charge in [-0.3, -0.25) is 0 Å². The Kier molecular flexibility index (Phi) is 3.49. The monoisotopic (exact) mass is 227 g/mol. The molecule has 0 aromatic heterocycles. The first-order chi connectivity index (χ1) is 8.13. The van der Waals surface area contributed by atoms with E-state index in [0.29, 0.717) is 5.92 Å². The second kappa shape index (κ2) is 4.89. The molecule has 0 bridgehead atoms. The lowest BCUT2D eigenvalue weighted by atomic mass is 9.90. The molecule has 2 atom stereocenters. The molecule has 2 aromatic rings. The maximum atomic E-state index is 6.31. The van der Waals surface area contributed by atoms with E-state index in [1.807, 2.05) is 0 Å². The first kappa shape index (κ1) is 12.1. The summed E-state index contributed by atoms with van der Waals surface area (Å²) < 4.78 is 0. The van der Waals surface area contributed by atoms with Crippen molar-refractivity contribution in [2.45, 2.75) is 33.2 Å². The van der Waals surface area contributed by atoms with Gasteiger partial charge >= 0.3 is 0 Å². The van der Waals surface area contributed by atoms with Gasteiger partial charge in [-0.05, 0) is 40.8 Å². The predicted molar refractivity (Wildman–Crippen MR) is 75.1 cm³/mol. The molecule has 0 radical (unpaired) electrons. The first-order valence-electron chi connectivity index (χ1n) is 6.38. The Morgan fingerprint density at radius 3 is 2.59 bits per heavy atom.